The Hall–Kier alpha value is -1.66. The molecule has 0 unspecified atom stereocenters. The van der Waals surface area contributed by atoms with Crippen molar-refractivity contribution >= 4 is 5.96 Å². The number of rotatable bonds is 7. The van der Waals surface area contributed by atoms with E-state index in [-0.39, 0.29) is 5.82 Å². The van der Waals surface area contributed by atoms with E-state index >= 15 is 0 Å². The van der Waals surface area contributed by atoms with Crippen molar-refractivity contribution < 1.29 is 4.39 Å². The second-order valence-electron chi connectivity index (χ2n) is 9.38. The van der Waals surface area contributed by atoms with Gasteiger partial charge in [0.2, 0.25) is 0 Å². The van der Waals surface area contributed by atoms with Gasteiger partial charge in [-0.15, -0.1) is 0 Å². The highest BCUT2D eigenvalue weighted by Gasteiger charge is 2.22. The van der Waals surface area contributed by atoms with E-state index in [4.69, 9.17) is 0 Å². The first-order chi connectivity index (χ1) is 14.5. The monoisotopic (exact) mass is 417 g/mol. The fraction of sp³-hybridized carbons (Fsp3) is 0.708. The lowest BCUT2D eigenvalue weighted by Gasteiger charge is -2.35. The van der Waals surface area contributed by atoms with Crippen LogP contribution in [0.15, 0.2) is 29.3 Å². The molecule has 0 saturated carbocycles. The molecule has 0 radical (unpaired) electrons. The fourth-order valence-corrected chi connectivity index (χ4v) is 4.62. The third kappa shape index (κ3) is 7.24. The van der Waals surface area contributed by atoms with Gasteiger partial charge in [-0.1, -0.05) is 32.0 Å². The van der Waals surface area contributed by atoms with E-state index in [1.165, 1.54) is 32.5 Å². The van der Waals surface area contributed by atoms with Gasteiger partial charge in [0.15, 0.2) is 5.96 Å². The van der Waals surface area contributed by atoms with Gasteiger partial charge in [0.25, 0.3) is 0 Å². The van der Waals surface area contributed by atoms with Crippen LogP contribution in [0.25, 0.3) is 0 Å². The van der Waals surface area contributed by atoms with Crippen LogP contribution >= 0.6 is 0 Å². The molecule has 1 aromatic carbocycles. The normalized spacial score (nSPS) is 20.6. The number of guanidine groups is 1. The molecule has 168 valence electrons. The molecule has 2 aliphatic heterocycles. The van der Waals surface area contributed by atoms with E-state index in [1.807, 2.05) is 19.2 Å². The Kier molecular flexibility index (Phi) is 8.94. The third-order valence-electron chi connectivity index (χ3n) is 6.39. The van der Waals surface area contributed by atoms with E-state index in [0.29, 0.717) is 18.5 Å². The van der Waals surface area contributed by atoms with Crippen LogP contribution in [0.3, 0.4) is 0 Å². The second-order valence-corrected chi connectivity index (χ2v) is 9.38. The van der Waals surface area contributed by atoms with Crippen LogP contribution in [0.2, 0.25) is 0 Å². The highest BCUT2D eigenvalue weighted by atomic mass is 19.1. The lowest BCUT2D eigenvalue weighted by atomic mass is 9.96. The van der Waals surface area contributed by atoms with Crippen molar-refractivity contribution in [1.82, 2.24) is 20.4 Å². The minimum Gasteiger partial charge on any atom is -0.356 e. The number of likely N-dealkylation sites (tertiary alicyclic amines) is 2. The molecular formula is C24H40FN5. The van der Waals surface area contributed by atoms with Gasteiger partial charge in [0.1, 0.15) is 5.82 Å². The van der Waals surface area contributed by atoms with Crippen LogP contribution in [0.5, 0.6) is 0 Å². The molecule has 30 heavy (non-hydrogen) atoms. The SMILES string of the molecule is CN=C(NCC1CCN(Cc2ccccc2F)CC1)NC1CCN(CC(C)C)CC1. The summed E-state index contributed by atoms with van der Waals surface area (Å²) in [7, 11) is 1.86. The molecule has 0 aliphatic carbocycles. The summed E-state index contributed by atoms with van der Waals surface area (Å²) in [6.07, 6.45) is 4.65. The number of nitrogens with zero attached hydrogens (tertiary/aromatic N) is 3. The summed E-state index contributed by atoms with van der Waals surface area (Å²) in [5, 5.41) is 7.18. The van der Waals surface area contributed by atoms with E-state index < -0.39 is 0 Å². The zero-order valence-electron chi connectivity index (χ0n) is 19.0. The van der Waals surface area contributed by atoms with Crippen molar-refractivity contribution in [2.45, 2.75) is 52.1 Å². The minimum atomic E-state index is -0.0915. The lowest BCUT2D eigenvalue weighted by Crippen LogP contribution is -2.50. The first kappa shape index (κ1) is 23.0. The summed E-state index contributed by atoms with van der Waals surface area (Å²) in [6, 6.07) is 7.64. The average Bonchev–Trinajstić information content (AvgIpc) is 2.74. The smallest absolute Gasteiger partial charge is 0.191 e. The first-order valence-corrected chi connectivity index (χ1v) is 11.7. The van der Waals surface area contributed by atoms with Crippen molar-refractivity contribution in [3.63, 3.8) is 0 Å². The molecule has 6 heteroatoms. The Balaban J connectivity index is 1.34. The van der Waals surface area contributed by atoms with Crippen LogP contribution in [0, 0.1) is 17.7 Å². The van der Waals surface area contributed by atoms with Gasteiger partial charge in [0, 0.05) is 51.4 Å². The Morgan fingerprint density at radius 3 is 2.37 bits per heavy atom. The van der Waals surface area contributed by atoms with Gasteiger partial charge in [-0.2, -0.15) is 0 Å². The Morgan fingerprint density at radius 2 is 1.73 bits per heavy atom. The number of aliphatic imine (C=N–C) groups is 1. The summed E-state index contributed by atoms with van der Waals surface area (Å²) in [5.41, 5.74) is 0.804. The van der Waals surface area contributed by atoms with Crippen molar-refractivity contribution in [2.24, 2.45) is 16.8 Å². The molecule has 0 atom stereocenters. The molecule has 3 rings (SSSR count). The van der Waals surface area contributed by atoms with Crippen molar-refractivity contribution in [1.29, 1.82) is 0 Å². The van der Waals surface area contributed by atoms with Crippen LogP contribution < -0.4 is 10.6 Å². The molecule has 0 amide bonds. The van der Waals surface area contributed by atoms with Crippen LogP contribution in [-0.4, -0.2) is 68.1 Å². The zero-order chi connectivity index (χ0) is 21.3. The molecule has 0 spiro atoms. The number of halogens is 1. The topological polar surface area (TPSA) is 42.9 Å². The van der Waals surface area contributed by atoms with Gasteiger partial charge >= 0.3 is 0 Å². The predicted octanol–water partition coefficient (Wildman–Crippen LogP) is 3.32. The first-order valence-electron chi connectivity index (χ1n) is 11.7. The lowest BCUT2D eigenvalue weighted by molar-refractivity contribution is 0.175. The maximum atomic E-state index is 13.9. The number of nitrogens with one attached hydrogen (secondary N) is 2. The standard InChI is InChI=1S/C24H40FN5/c1-19(2)17-29-14-10-22(11-15-29)28-24(26-3)27-16-20-8-12-30(13-9-20)18-21-6-4-5-7-23(21)25/h4-7,19-20,22H,8-18H2,1-3H3,(H2,26,27,28). The van der Waals surface area contributed by atoms with Crippen molar-refractivity contribution in [3.05, 3.63) is 35.6 Å². The predicted molar refractivity (Wildman–Crippen MR) is 123 cm³/mol. The van der Waals surface area contributed by atoms with Gasteiger partial charge < -0.3 is 15.5 Å². The molecule has 1 aromatic rings. The quantitative estimate of drug-likeness (QED) is 0.528. The van der Waals surface area contributed by atoms with E-state index in [0.717, 1.165) is 49.9 Å². The van der Waals surface area contributed by atoms with Gasteiger partial charge in [-0.25, -0.2) is 4.39 Å². The summed E-state index contributed by atoms with van der Waals surface area (Å²) in [6.45, 7) is 11.9. The number of hydrogen-bond acceptors (Lipinski definition) is 3. The summed E-state index contributed by atoms with van der Waals surface area (Å²) >= 11 is 0. The zero-order valence-corrected chi connectivity index (χ0v) is 19.0. The van der Waals surface area contributed by atoms with Crippen LogP contribution in [-0.2, 0) is 6.54 Å². The molecule has 0 aromatic heterocycles. The highest BCUT2D eigenvalue weighted by molar-refractivity contribution is 5.79. The number of piperidine rings is 2. The molecular weight excluding hydrogens is 377 g/mol. The highest BCUT2D eigenvalue weighted by Crippen LogP contribution is 2.19. The summed E-state index contributed by atoms with van der Waals surface area (Å²) in [5.74, 6) is 2.23. The maximum Gasteiger partial charge on any atom is 0.191 e. The molecule has 2 N–H and O–H groups in total. The number of hydrogen-bond donors (Lipinski definition) is 2. The Labute approximate surface area is 182 Å². The van der Waals surface area contributed by atoms with Crippen LogP contribution in [0.4, 0.5) is 4.39 Å². The van der Waals surface area contributed by atoms with Crippen molar-refractivity contribution in [3.8, 4) is 0 Å². The van der Waals surface area contributed by atoms with Gasteiger partial charge in [-0.3, -0.25) is 9.89 Å². The molecule has 2 aliphatic rings. The van der Waals surface area contributed by atoms with E-state index in [2.05, 4.69) is 39.3 Å². The van der Waals surface area contributed by atoms with Crippen molar-refractivity contribution in [2.75, 3.05) is 46.3 Å². The molecule has 5 nitrogen and oxygen atoms in total. The molecule has 2 fully saturated rings. The second kappa shape index (κ2) is 11.7. The fourth-order valence-electron chi connectivity index (χ4n) is 4.62. The Bertz CT molecular complexity index is 661. The molecule has 2 heterocycles. The molecule has 0 bridgehead atoms. The van der Waals surface area contributed by atoms with Gasteiger partial charge in [-0.05, 0) is 56.7 Å². The Morgan fingerprint density at radius 1 is 1.07 bits per heavy atom. The number of benzene rings is 1. The van der Waals surface area contributed by atoms with Gasteiger partial charge in [0.05, 0.1) is 0 Å². The van der Waals surface area contributed by atoms with E-state index in [9.17, 15) is 4.39 Å². The van der Waals surface area contributed by atoms with Crippen LogP contribution in [0.1, 0.15) is 45.1 Å². The minimum absolute atomic E-state index is 0.0915. The summed E-state index contributed by atoms with van der Waals surface area (Å²) in [4.78, 5) is 9.39. The maximum absolute atomic E-state index is 13.9. The third-order valence-corrected chi connectivity index (χ3v) is 6.39. The van der Waals surface area contributed by atoms with E-state index in [1.54, 1.807) is 12.1 Å². The largest absolute Gasteiger partial charge is 0.356 e. The molecule has 2 saturated heterocycles. The average molecular weight is 418 g/mol. The summed E-state index contributed by atoms with van der Waals surface area (Å²) < 4.78 is 13.9.